The lowest BCUT2D eigenvalue weighted by molar-refractivity contribution is 0.776. The second-order valence-corrected chi connectivity index (χ2v) is 4.39. The van der Waals surface area contributed by atoms with Crippen LogP contribution in [0.5, 0.6) is 0 Å². The monoisotopic (exact) mass is 285 g/mol. The van der Waals surface area contributed by atoms with Gasteiger partial charge < -0.3 is 5.73 Å². The Hall–Kier alpha value is -1.00. The molecule has 1 aromatic carbocycles. The topological polar surface area (TPSA) is 43.8 Å². The number of aryl methyl sites for hydroxylation is 1. The van der Waals surface area contributed by atoms with E-state index >= 15 is 0 Å². The third kappa shape index (κ3) is 1.75. The van der Waals surface area contributed by atoms with Gasteiger partial charge in [-0.15, -0.1) is 0 Å². The summed E-state index contributed by atoms with van der Waals surface area (Å²) < 4.78 is 2.56. The Labute approximate surface area is 101 Å². The molecule has 78 valence electrons. The van der Waals surface area contributed by atoms with E-state index in [1.54, 1.807) is 10.9 Å². The van der Waals surface area contributed by atoms with Gasteiger partial charge >= 0.3 is 0 Å². The molecule has 2 aromatic rings. The lowest BCUT2D eigenvalue weighted by atomic mass is 10.1. The smallest absolute Gasteiger partial charge is 0.0784 e. The first-order valence-electron chi connectivity index (χ1n) is 4.33. The van der Waals surface area contributed by atoms with Crippen molar-refractivity contribution in [2.45, 2.75) is 0 Å². The van der Waals surface area contributed by atoms with E-state index in [2.05, 4.69) is 21.0 Å². The van der Waals surface area contributed by atoms with Crippen LogP contribution in [-0.2, 0) is 7.05 Å². The van der Waals surface area contributed by atoms with E-state index in [0.717, 1.165) is 15.7 Å². The Morgan fingerprint density at radius 2 is 2.13 bits per heavy atom. The molecule has 1 heterocycles. The van der Waals surface area contributed by atoms with Gasteiger partial charge in [0.25, 0.3) is 0 Å². The molecule has 0 amide bonds. The van der Waals surface area contributed by atoms with Gasteiger partial charge in [0.1, 0.15) is 0 Å². The first-order chi connectivity index (χ1) is 7.11. The fourth-order valence-corrected chi connectivity index (χ4v) is 1.94. The van der Waals surface area contributed by atoms with Gasteiger partial charge in [-0.1, -0.05) is 11.6 Å². The van der Waals surface area contributed by atoms with E-state index in [0.29, 0.717) is 10.7 Å². The minimum atomic E-state index is 0.536. The van der Waals surface area contributed by atoms with Crippen molar-refractivity contribution in [2.24, 2.45) is 7.05 Å². The molecular weight excluding hydrogens is 277 g/mol. The standard InChI is InChI=1S/C10H9BrClN3/c1-15-8(4-5-14-15)6-2-3-7(11)9(12)10(6)13/h2-5H,13H2,1H3. The van der Waals surface area contributed by atoms with Gasteiger partial charge in [-0.25, -0.2) is 0 Å². The van der Waals surface area contributed by atoms with Crippen LogP contribution in [0.4, 0.5) is 5.69 Å². The molecule has 2 N–H and O–H groups in total. The second-order valence-electron chi connectivity index (χ2n) is 3.16. The third-order valence-electron chi connectivity index (χ3n) is 2.23. The van der Waals surface area contributed by atoms with Crippen LogP contribution in [0, 0.1) is 0 Å². The highest BCUT2D eigenvalue weighted by molar-refractivity contribution is 9.10. The van der Waals surface area contributed by atoms with Crippen molar-refractivity contribution in [1.29, 1.82) is 0 Å². The first-order valence-corrected chi connectivity index (χ1v) is 5.50. The second kappa shape index (κ2) is 3.87. The molecule has 0 aliphatic carbocycles. The summed E-state index contributed by atoms with van der Waals surface area (Å²) in [6.45, 7) is 0. The number of halogens is 2. The van der Waals surface area contributed by atoms with Crippen LogP contribution in [0.15, 0.2) is 28.9 Å². The quantitative estimate of drug-likeness (QED) is 0.819. The molecule has 0 saturated carbocycles. The average Bonchev–Trinajstić information content (AvgIpc) is 2.62. The Bertz CT molecular complexity index is 507. The Kier molecular flexibility index (Phi) is 2.71. The van der Waals surface area contributed by atoms with Crippen molar-refractivity contribution < 1.29 is 0 Å². The molecule has 5 heteroatoms. The molecule has 0 bridgehead atoms. The minimum absolute atomic E-state index is 0.536. The van der Waals surface area contributed by atoms with Crippen molar-refractivity contribution >= 4 is 33.2 Å². The molecule has 0 radical (unpaired) electrons. The van der Waals surface area contributed by atoms with E-state index < -0.39 is 0 Å². The number of nitrogen functional groups attached to an aromatic ring is 1. The Morgan fingerprint density at radius 1 is 1.40 bits per heavy atom. The molecule has 2 rings (SSSR count). The zero-order chi connectivity index (χ0) is 11.0. The van der Waals surface area contributed by atoms with Crippen LogP contribution in [0.2, 0.25) is 5.02 Å². The Balaban J connectivity index is 2.65. The lowest BCUT2D eigenvalue weighted by Gasteiger charge is -2.08. The van der Waals surface area contributed by atoms with E-state index in [-0.39, 0.29) is 0 Å². The number of hydrogen-bond acceptors (Lipinski definition) is 2. The summed E-state index contributed by atoms with van der Waals surface area (Å²) in [6, 6.07) is 5.69. The number of nitrogens with two attached hydrogens (primary N) is 1. The molecule has 0 spiro atoms. The van der Waals surface area contributed by atoms with Crippen LogP contribution < -0.4 is 5.73 Å². The Morgan fingerprint density at radius 3 is 2.73 bits per heavy atom. The van der Waals surface area contributed by atoms with Gasteiger partial charge in [0.15, 0.2) is 0 Å². The van der Waals surface area contributed by atoms with Crippen LogP contribution >= 0.6 is 27.5 Å². The van der Waals surface area contributed by atoms with Crippen LogP contribution in [0.1, 0.15) is 0 Å². The lowest BCUT2D eigenvalue weighted by Crippen LogP contribution is -1.97. The van der Waals surface area contributed by atoms with Crippen molar-refractivity contribution in [3.63, 3.8) is 0 Å². The third-order valence-corrected chi connectivity index (χ3v) is 3.53. The fourth-order valence-electron chi connectivity index (χ4n) is 1.43. The number of rotatable bonds is 1. The number of benzene rings is 1. The fraction of sp³-hybridized carbons (Fsp3) is 0.100. The molecular formula is C10H9BrClN3. The van der Waals surface area contributed by atoms with Gasteiger partial charge in [0, 0.05) is 23.3 Å². The summed E-state index contributed by atoms with van der Waals surface area (Å²) in [5.41, 5.74) is 8.34. The number of anilines is 1. The molecule has 0 atom stereocenters. The van der Waals surface area contributed by atoms with E-state index in [1.807, 2.05) is 25.2 Å². The van der Waals surface area contributed by atoms with Crippen molar-refractivity contribution in [3.8, 4) is 11.3 Å². The largest absolute Gasteiger partial charge is 0.397 e. The maximum absolute atomic E-state index is 6.05. The first kappa shape index (κ1) is 10.5. The van der Waals surface area contributed by atoms with E-state index in [4.69, 9.17) is 17.3 Å². The summed E-state index contributed by atoms with van der Waals surface area (Å²) in [5, 5.41) is 4.63. The van der Waals surface area contributed by atoms with Gasteiger partial charge in [-0.05, 0) is 34.1 Å². The zero-order valence-corrected chi connectivity index (χ0v) is 10.4. The molecule has 0 aliphatic rings. The van der Waals surface area contributed by atoms with Crippen LogP contribution in [-0.4, -0.2) is 9.78 Å². The SMILES string of the molecule is Cn1nccc1-c1ccc(Br)c(Cl)c1N. The van der Waals surface area contributed by atoms with Crippen LogP contribution in [0.25, 0.3) is 11.3 Å². The summed E-state index contributed by atoms with van der Waals surface area (Å²) in [4.78, 5) is 0. The number of nitrogens with zero attached hydrogens (tertiary/aromatic N) is 2. The highest BCUT2D eigenvalue weighted by Gasteiger charge is 2.11. The molecule has 3 nitrogen and oxygen atoms in total. The van der Waals surface area contributed by atoms with Crippen molar-refractivity contribution in [2.75, 3.05) is 5.73 Å². The van der Waals surface area contributed by atoms with Gasteiger partial charge in [-0.3, -0.25) is 4.68 Å². The molecule has 0 fully saturated rings. The van der Waals surface area contributed by atoms with Gasteiger partial charge in [0.05, 0.1) is 16.4 Å². The normalized spacial score (nSPS) is 10.6. The van der Waals surface area contributed by atoms with Crippen molar-refractivity contribution in [3.05, 3.63) is 33.9 Å². The molecule has 0 aliphatic heterocycles. The molecule has 1 aromatic heterocycles. The molecule has 0 unspecified atom stereocenters. The van der Waals surface area contributed by atoms with E-state index in [1.165, 1.54) is 0 Å². The summed E-state index contributed by atoms with van der Waals surface area (Å²) in [7, 11) is 1.87. The predicted molar refractivity (Wildman–Crippen MR) is 65.8 cm³/mol. The molecule has 0 saturated heterocycles. The number of aromatic nitrogens is 2. The maximum Gasteiger partial charge on any atom is 0.0784 e. The highest BCUT2D eigenvalue weighted by atomic mass is 79.9. The van der Waals surface area contributed by atoms with Gasteiger partial charge in [-0.2, -0.15) is 5.10 Å². The van der Waals surface area contributed by atoms with Gasteiger partial charge in [0.2, 0.25) is 0 Å². The number of hydrogen-bond donors (Lipinski definition) is 1. The summed E-state index contributed by atoms with van der Waals surface area (Å²) >= 11 is 9.38. The molecule has 15 heavy (non-hydrogen) atoms. The zero-order valence-electron chi connectivity index (χ0n) is 8.04. The van der Waals surface area contributed by atoms with Crippen molar-refractivity contribution in [1.82, 2.24) is 9.78 Å². The van der Waals surface area contributed by atoms with E-state index in [9.17, 15) is 0 Å². The maximum atomic E-state index is 6.05. The predicted octanol–water partition coefficient (Wildman–Crippen LogP) is 3.09. The summed E-state index contributed by atoms with van der Waals surface area (Å²) in [5.74, 6) is 0. The highest BCUT2D eigenvalue weighted by Crippen LogP contribution is 2.36. The van der Waals surface area contributed by atoms with Crippen LogP contribution in [0.3, 0.4) is 0 Å². The minimum Gasteiger partial charge on any atom is -0.397 e. The average molecular weight is 287 g/mol. The summed E-state index contributed by atoms with van der Waals surface area (Å²) in [6.07, 6.45) is 1.73.